The minimum atomic E-state index is 0.642. The Labute approximate surface area is 113 Å². The molecule has 5 heteroatoms. The van der Waals surface area contributed by atoms with Crippen molar-refractivity contribution < 1.29 is 4.74 Å². The first-order chi connectivity index (χ1) is 8.28. The van der Waals surface area contributed by atoms with Crippen molar-refractivity contribution in [3.63, 3.8) is 0 Å². The summed E-state index contributed by atoms with van der Waals surface area (Å²) >= 11 is 5.16. The van der Waals surface area contributed by atoms with Crippen molar-refractivity contribution >= 4 is 33.0 Å². The molecule has 0 bridgehead atoms. The van der Waals surface area contributed by atoms with E-state index in [0.717, 1.165) is 16.7 Å². The van der Waals surface area contributed by atoms with Crippen molar-refractivity contribution in [3.8, 4) is 5.88 Å². The maximum atomic E-state index is 5.28. The number of nitrogens with one attached hydrogen (secondary N) is 1. The van der Waals surface area contributed by atoms with Crippen LogP contribution in [0.5, 0.6) is 5.88 Å². The molecule has 1 N–H and O–H groups in total. The van der Waals surface area contributed by atoms with Gasteiger partial charge in [0.25, 0.3) is 0 Å². The second-order valence-corrected chi connectivity index (χ2v) is 5.31. The Balaban J connectivity index is 1.90. The molecule has 0 aliphatic heterocycles. The molecule has 90 valence electrons. The summed E-state index contributed by atoms with van der Waals surface area (Å²) in [5, 5.41) is 5.39. The van der Waals surface area contributed by atoms with Crippen LogP contribution in [0.4, 0.5) is 5.69 Å². The molecule has 2 heterocycles. The van der Waals surface area contributed by atoms with Crippen LogP contribution in [0.2, 0.25) is 0 Å². The highest BCUT2D eigenvalue weighted by atomic mass is 79.9. The summed E-state index contributed by atoms with van der Waals surface area (Å²) in [5.74, 6) is 0.664. The number of halogens is 1. The predicted octanol–water partition coefficient (Wildman–Crippen LogP) is 3.92. The highest BCUT2D eigenvalue weighted by molar-refractivity contribution is 9.10. The Morgan fingerprint density at radius 1 is 1.47 bits per heavy atom. The van der Waals surface area contributed by atoms with Gasteiger partial charge in [0.15, 0.2) is 0 Å². The number of rotatable bonds is 5. The molecule has 0 spiro atoms. The van der Waals surface area contributed by atoms with E-state index in [1.54, 1.807) is 17.5 Å². The molecular weight excluding hydrogens is 300 g/mol. The quantitative estimate of drug-likeness (QED) is 0.908. The smallest absolute Gasteiger partial charge is 0.213 e. The van der Waals surface area contributed by atoms with Gasteiger partial charge in [-0.2, -0.15) is 0 Å². The zero-order chi connectivity index (χ0) is 12.1. The molecule has 0 aliphatic rings. The molecule has 0 saturated carbocycles. The summed E-state index contributed by atoms with van der Waals surface area (Å²) in [6, 6.07) is 5.95. The van der Waals surface area contributed by atoms with Gasteiger partial charge >= 0.3 is 0 Å². The monoisotopic (exact) mass is 312 g/mol. The van der Waals surface area contributed by atoms with Crippen LogP contribution in [0, 0.1) is 0 Å². The molecule has 0 aliphatic carbocycles. The van der Waals surface area contributed by atoms with Gasteiger partial charge in [-0.3, -0.25) is 0 Å². The Morgan fingerprint density at radius 2 is 2.35 bits per heavy atom. The van der Waals surface area contributed by atoms with Gasteiger partial charge in [-0.15, -0.1) is 11.3 Å². The Kier molecular flexibility index (Phi) is 4.39. The molecule has 2 aromatic rings. The summed E-state index contributed by atoms with van der Waals surface area (Å²) in [7, 11) is 0. The fraction of sp³-hybridized carbons (Fsp3) is 0.250. The largest absolute Gasteiger partial charge is 0.478 e. The van der Waals surface area contributed by atoms with Crippen LogP contribution in [0.15, 0.2) is 34.2 Å². The van der Waals surface area contributed by atoms with Gasteiger partial charge in [0, 0.05) is 27.3 Å². The minimum Gasteiger partial charge on any atom is -0.478 e. The lowest BCUT2D eigenvalue weighted by molar-refractivity contribution is 0.327. The zero-order valence-corrected chi connectivity index (χ0v) is 11.8. The third-order valence-electron chi connectivity index (χ3n) is 2.12. The number of thiophene rings is 1. The Bertz CT molecular complexity index is 470. The summed E-state index contributed by atoms with van der Waals surface area (Å²) < 4.78 is 6.41. The highest BCUT2D eigenvalue weighted by Gasteiger charge is 1.99. The fourth-order valence-electron chi connectivity index (χ4n) is 1.35. The molecule has 17 heavy (non-hydrogen) atoms. The molecule has 0 atom stereocenters. The second-order valence-electron chi connectivity index (χ2n) is 3.40. The number of aromatic nitrogens is 1. The van der Waals surface area contributed by atoms with Crippen molar-refractivity contribution in [2.24, 2.45) is 0 Å². The van der Waals surface area contributed by atoms with E-state index in [2.05, 4.69) is 37.7 Å². The summed E-state index contributed by atoms with van der Waals surface area (Å²) in [5.41, 5.74) is 0.998. The van der Waals surface area contributed by atoms with E-state index in [1.807, 2.05) is 19.1 Å². The van der Waals surface area contributed by atoms with Gasteiger partial charge in [-0.1, -0.05) is 0 Å². The molecule has 0 radical (unpaired) electrons. The topological polar surface area (TPSA) is 34.1 Å². The molecule has 2 aromatic heterocycles. The zero-order valence-electron chi connectivity index (χ0n) is 9.44. The van der Waals surface area contributed by atoms with Crippen LogP contribution in [0.1, 0.15) is 11.8 Å². The summed E-state index contributed by atoms with van der Waals surface area (Å²) in [6.45, 7) is 3.40. The number of anilines is 1. The van der Waals surface area contributed by atoms with E-state index < -0.39 is 0 Å². The number of pyridine rings is 1. The Hall–Kier alpha value is -1.07. The lowest BCUT2D eigenvalue weighted by Crippen LogP contribution is -1.99. The SMILES string of the molecule is CCOc1ccc(NCc2cc(Br)cs2)cn1. The van der Waals surface area contributed by atoms with E-state index in [0.29, 0.717) is 12.5 Å². The number of ether oxygens (including phenoxy) is 1. The van der Waals surface area contributed by atoms with Crippen LogP contribution in [-0.4, -0.2) is 11.6 Å². The molecule has 0 amide bonds. The van der Waals surface area contributed by atoms with E-state index in [4.69, 9.17) is 4.74 Å². The second kappa shape index (κ2) is 6.02. The number of hydrogen-bond acceptors (Lipinski definition) is 4. The molecule has 0 unspecified atom stereocenters. The van der Waals surface area contributed by atoms with Crippen molar-refractivity contribution in [1.82, 2.24) is 4.98 Å². The van der Waals surface area contributed by atoms with Gasteiger partial charge in [-0.25, -0.2) is 4.98 Å². The van der Waals surface area contributed by atoms with E-state index in [1.165, 1.54) is 4.88 Å². The van der Waals surface area contributed by atoms with Gasteiger partial charge in [0.05, 0.1) is 18.5 Å². The highest BCUT2D eigenvalue weighted by Crippen LogP contribution is 2.21. The first-order valence-electron chi connectivity index (χ1n) is 5.33. The average Bonchev–Trinajstić information content (AvgIpc) is 2.75. The van der Waals surface area contributed by atoms with E-state index in [-0.39, 0.29) is 0 Å². The van der Waals surface area contributed by atoms with Gasteiger partial charge in [-0.05, 0) is 35.0 Å². The molecule has 2 rings (SSSR count). The van der Waals surface area contributed by atoms with Crippen molar-refractivity contribution in [2.45, 2.75) is 13.5 Å². The maximum Gasteiger partial charge on any atom is 0.213 e. The van der Waals surface area contributed by atoms with Crippen LogP contribution in [0.25, 0.3) is 0 Å². The predicted molar refractivity (Wildman–Crippen MR) is 74.8 cm³/mol. The van der Waals surface area contributed by atoms with Crippen LogP contribution in [-0.2, 0) is 6.54 Å². The molecule has 0 fully saturated rings. The first kappa shape index (κ1) is 12.4. The lowest BCUT2D eigenvalue weighted by Gasteiger charge is -2.05. The van der Waals surface area contributed by atoms with Crippen molar-refractivity contribution in [2.75, 3.05) is 11.9 Å². The van der Waals surface area contributed by atoms with Crippen molar-refractivity contribution in [3.05, 3.63) is 39.1 Å². The molecular formula is C12H13BrN2OS. The van der Waals surface area contributed by atoms with Crippen LogP contribution >= 0.6 is 27.3 Å². The summed E-state index contributed by atoms with van der Waals surface area (Å²) in [6.07, 6.45) is 1.79. The third kappa shape index (κ3) is 3.71. The molecule has 0 aromatic carbocycles. The van der Waals surface area contributed by atoms with Gasteiger partial charge < -0.3 is 10.1 Å². The maximum absolute atomic E-state index is 5.28. The minimum absolute atomic E-state index is 0.642. The normalized spacial score (nSPS) is 10.2. The number of hydrogen-bond donors (Lipinski definition) is 1. The first-order valence-corrected chi connectivity index (χ1v) is 7.01. The average molecular weight is 313 g/mol. The van der Waals surface area contributed by atoms with Crippen LogP contribution in [0.3, 0.4) is 0 Å². The fourth-order valence-corrected chi connectivity index (χ4v) is 2.74. The standard InChI is InChI=1S/C12H13BrN2OS/c1-2-16-12-4-3-10(6-15-12)14-7-11-5-9(13)8-17-11/h3-6,8,14H,2,7H2,1H3. The van der Waals surface area contributed by atoms with Crippen molar-refractivity contribution in [1.29, 1.82) is 0 Å². The van der Waals surface area contributed by atoms with E-state index >= 15 is 0 Å². The van der Waals surface area contributed by atoms with E-state index in [9.17, 15) is 0 Å². The van der Waals surface area contributed by atoms with Gasteiger partial charge in [0.1, 0.15) is 0 Å². The molecule has 0 saturated heterocycles. The third-order valence-corrected chi connectivity index (χ3v) is 3.81. The number of nitrogens with zero attached hydrogens (tertiary/aromatic N) is 1. The lowest BCUT2D eigenvalue weighted by atomic mass is 10.4. The summed E-state index contributed by atoms with van der Waals surface area (Å²) in [4.78, 5) is 5.48. The van der Waals surface area contributed by atoms with Gasteiger partial charge in [0.2, 0.25) is 5.88 Å². The Morgan fingerprint density at radius 3 is 2.94 bits per heavy atom. The molecule has 3 nitrogen and oxygen atoms in total. The van der Waals surface area contributed by atoms with Crippen LogP contribution < -0.4 is 10.1 Å².